The fourth-order valence-electron chi connectivity index (χ4n) is 2.82. The first-order valence-electron chi connectivity index (χ1n) is 7.89. The summed E-state index contributed by atoms with van der Waals surface area (Å²) in [5.74, 6) is -0.140. The van der Waals surface area contributed by atoms with E-state index in [4.69, 9.17) is 4.74 Å². The molecule has 5 heteroatoms. The van der Waals surface area contributed by atoms with Crippen molar-refractivity contribution in [2.45, 2.75) is 45.7 Å². The topological polar surface area (TPSA) is 44.8 Å². The molecule has 1 N–H and O–H groups in total. The van der Waals surface area contributed by atoms with Crippen molar-refractivity contribution in [2.75, 3.05) is 46.4 Å². The SMILES string of the molecule is CCCNC(CCN1CCN(CC)C(C)C1)C(=O)OC. The van der Waals surface area contributed by atoms with Crippen molar-refractivity contribution in [1.29, 1.82) is 0 Å². The maximum atomic E-state index is 11.7. The second-order valence-corrected chi connectivity index (χ2v) is 5.60. The van der Waals surface area contributed by atoms with Gasteiger partial charge in [0.1, 0.15) is 6.04 Å². The van der Waals surface area contributed by atoms with Gasteiger partial charge in [0.2, 0.25) is 0 Å². The van der Waals surface area contributed by atoms with Gasteiger partial charge in [-0.3, -0.25) is 9.69 Å². The van der Waals surface area contributed by atoms with Crippen LogP contribution < -0.4 is 5.32 Å². The summed E-state index contributed by atoms with van der Waals surface area (Å²) in [5, 5.41) is 3.28. The highest BCUT2D eigenvalue weighted by atomic mass is 16.5. The minimum atomic E-state index is -0.167. The highest BCUT2D eigenvalue weighted by Crippen LogP contribution is 2.10. The number of likely N-dealkylation sites (N-methyl/N-ethyl adjacent to an activating group) is 1. The fraction of sp³-hybridized carbons (Fsp3) is 0.933. The maximum absolute atomic E-state index is 11.7. The molecule has 1 rings (SSSR count). The van der Waals surface area contributed by atoms with Crippen LogP contribution in [0.4, 0.5) is 0 Å². The molecule has 0 aromatic heterocycles. The molecular formula is C15H31N3O2. The standard InChI is InChI=1S/C15H31N3O2/c1-5-8-16-14(15(19)20-4)7-9-17-10-11-18(6-2)13(3)12-17/h13-14,16H,5-12H2,1-4H3. The zero-order valence-electron chi connectivity index (χ0n) is 13.5. The molecule has 0 aromatic carbocycles. The first-order chi connectivity index (χ1) is 9.62. The molecule has 1 saturated heterocycles. The number of carbonyl (C=O) groups excluding carboxylic acids is 1. The van der Waals surface area contributed by atoms with Crippen LogP contribution in [0.25, 0.3) is 0 Å². The molecule has 1 heterocycles. The van der Waals surface area contributed by atoms with Crippen LogP contribution in [0.15, 0.2) is 0 Å². The lowest BCUT2D eigenvalue weighted by Gasteiger charge is -2.39. The molecule has 0 radical (unpaired) electrons. The minimum absolute atomic E-state index is 0.140. The summed E-state index contributed by atoms with van der Waals surface area (Å²) in [7, 11) is 1.46. The lowest BCUT2D eigenvalue weighted by Crippen LogP contribution is -2.52. The average Bonchev–Trinajstić information content (AvgIpc) is 2.46. The third-order valence-electron chi connectivity index (χ3n) is 4.12. The average molecular weight is 285 g/mol. The second-order valence-electron chi connectivity index (χ2n) is 5.60. The Morgan fingerprint density at radius 3 is 2.70 bits per heavy atom. The Labute approximate surface area is 123 Å². The fourth-order valence-corrected chi connectivity index (χ4v) is 2.82. The molecular weight excluding hydrogens is 254 g/mol. The van der Waals surface area contributed by atoms with Crippen molar-refractivity contribution >= 4 is 5.97 Å². The van der Waals surface area contributed by atoms with Crippen LogP contribution in [0, 0.1) is 0 Å². The van der Waals surface area contributed by atoms with E-state index in [2.05, 4.69) is 35.9 Å². The molecule has 0 aliphatic carbocycles. The first kappa shape index (κ1) is 17.4. The largest absolute Gasteiger partial charge is 0.468 e. The predicted molar refractivity (Wildman–Crippen MR) is 81.9 cm³/mol. The van der Waals surface area contributed by atoms with Gasteiger partial charge >= 0.3 is 5.97 Å². The Balaban J connectivity index is 2.37. The predicted octanol–water partition coefficient (Wildman–Crippen LogP) is 0.944. The van der Waals surface area contributed by atoms with Crippen molar-refractivity contribution in [2.24, 2.45) is 0 Å². The van der Waals surface area contributed by atoms with E-state index in [0.29, 0.717) is 6.04 Å². The van der Waals surface area contributed by atoms with Crippen molar-refractivity contribution in [3.05, 3.63) is 0 Å². The summed E-state index contributed by atoms with van der Waals surface area (Å²) < 4.78 is 4.88. The van der Waals surface area contributed by atoms with Crippen molar-refractivity contribution < 1.29 is 9.53 Å². The summed E-state index contributed by atoms with van der Waals surface area (Å²) in [6.45, 7) is 12.9. The summed E-state index contributed by atoms with van der Waals surface area (Å²) >= 11 is 0. The van der Waals surface area contributed by atoms with E-state index in [0.717, 1.165) is 52.1 Å². The van der Waals surface area contributed by atoms with Crippen LogP contribution in [0.3, 0.4) is 0 Å². The van der Waals surface area contributed by atoms with E-state index in [1.807, 2.05) is 0 Å². The number of ether oxygens (including phenoxy) is 1. The number of rotatable bonds is 8. The molecule has 0 saturated carbocycles. The van der Waals surface area contributed by atoms with Gasteiger partial charge in [-0.15, -0.1) is 0 Å². The highest BCUT2D eigenvalue weighted by Gasteiger charge is 2.24. The normalized spacial score (nSPS) is 22.7. The number of hydrogen-bond donors (Lipinski definition) is 1. The Hall–Kier alpha value is -0.650. The molecule has 5 nitrogen and oxygen atoms in total. The van der Waals surface area contributed by atoms with E-state index in [9.17, 15) is 4.79 Å². The van der Waals surface area contributed by atoms with Crippen molar-refractivity contribution in [3.63, 3.8) is 0 Å². The van der Waals surface area contributed by atoms with Gasteiger partial charge in [-0.2, -0.15) is 0 Å². The van der Waals surface area contributed by atoms with E-state index in [1.165, 1.54) is 7.11 Å². The number of esters is 1. The molecule has 1 aliphatic rings. The van der Waals surface area contributed by atoms with Gasteiger partial charge in [-0.05, 0) is 32.9 Å². The second kappa shape index (κ2) is 9.32. The summed E-state index contributed by atoms with van der Waals surface area (Å²) in [5.41, 5.74) is 0. The van der Waals surface area contributed by atoms with Gasteiger partial charge in [-0.25, -0.2) is 0 Å². The third-order valence-corrected chi connectivity index (χ3v) is 4.12. The van der Waals surface area contributed by atoms with E-state index in [-0.39, 0.29) is 12.0 Å². The van der Waals surface area contributed by atoms with E-state index >= 15 is 0 Å². The minimum Gasteiger partial charge on any atom is -0.468 e. The van der Waals surface area contributed by atoms with Gasteiger partial charge in [0.15, 0.2) is 0 Å². The van der Waals surface area contributed by atoms with Crippen LogP contribution in [0.2, 0.25) is 0 Å². The lowest BCUT2D eigenvalue weighted by atomic mass is 10.1. The van der Waals surface area contributed by atoms with Crippen LogP contribution in [0.1, 0.15) is 33.6 Å². The quantitative estimate of drug-likeness (QED) is 0.673. The molecule has 0 spiro atoms. The van der Waals surface area contributed by atoms with Crippen molar-refractivity contribution in [1.82, 2.24) is 15.1 Å². The van der Waals surface area contributed by atoms with Gasteiger partial charge in [0, 0.05) is 32.2 Å². The van der Waals surface area contributed by atoms with Gasteiger partial charge < -0.3 is 15.0 Å². The smallest absolute Gasteiger partial charge is 0.322 e. The van der Waals surface area contributed by atoms with E-state index < -0.39 is 0 Å². The Morgan fingerprint density at radius 2 is 2.15 bits per heavy atom. The lowest BCUT2D eigenvalue weighted by molar-refractivity contribution is -0.143. The Bertz CT molecular complexity index is 286. The highest BCUT2D eigenvalue weighted by molar-refractivity contribution is 5.75. The molecule has 0 aromatic rings. The van der Waals surface area contributed by atoms with Gasteiger partial charge in [-0.1, -0.05) is 13.8 Å². The Morgan fingerprint density at radius 1 is 1.40 bits per heavy atom. The van der Waals surface area contributed by atoms with Crippen LogP contribution in [-0.4, -0.2) is 74.2 Å². The Kier molecular flexibility index (Phi) is 8.11. The molecule has 0 amide bonds. The molecule has 2 unspecified atom stereocenters. The number of hydrogen-bond acceptors (Lipinski definition) is 5. The van der Waals surface area contributed by atoms with Gasteiger partial charge in [0.25, 0.3) is 0 Å². The maximum Gasteiger partial charge on any atom is 0.322 e. The van der Waals surface area contributed by atoms with Crippen LogP contribution in [-0.2, 0) is 9.53 Å². The van der Waals surface area contributed by atoms with Gasteiger partial charge in [0.05, 0.1) is 7.11 Å². The molecule has 20 heavy (non-hydrogen) atoms. The summed E-state index contributed by atoms with van der Waals surface area (Å²) in [4.78, 5) is 16.7. The molecule has 1 aliphatic heterocycles. The number of methoxy groups -OCH3 is 1. The van der Waals surface area contributed by atoms with E-state index in [1.54, 1.807) is 0 Å². The number of piperazine rings is 1. The zero-order chi connectivity index (χ0) is 15.0. The zero-order valence-corrected chi connectivity index (χ0v) is 13.5. The summed E-state index contributed by atoms with van der Waals surface area (Å²) in [6.07, 6.45) is 1.85. The monoisotopic (exact) mass is 285 g/mol. The number of nitrogens with one attached hydrogen (secondary N) is 1. The third kappa shape index (κ3) is 5.38. The van der Waals surface area contributed by atoms with Crippen molar-refractivity contribution in [3.8, 4) is 0 Å². The number of nitrogens with zero attached hydrogens (tertiary/aromatic N) is 2. The first-order valence-corrected chi connectivity index (χ1v) is 7.89. The molecule has 1 fully saturated rings. The summed E-state index contributed by atoms with van der Waals surface area (Å²) in [6, 6.07) is 0.438. The molecule has 118 valence electrons. The van der Waals surface area contributed by atoms with Crippen LogP contribution in [0.5, 0.6) is 0 Å². The van der Waals surface area contributed by atoms with Crippen LogP contribution >= 0.6 is 0 Å². The number of carbonyl (C=O) groups is 1. The molecule has 2 atom stereocenters. The molecule has 0 bridgehead atoms.